The van der Waals surface area contributed by atoms with E-state index in [2.05, 4.69) is 54.6 Å². The Bertz CT molecular complexity index is 541. The zero-order valence-corrected chi connectivity index (χ0v) is 9.84. The van der Waals surface area contributed by atoms with Crippen LogP contribution >= 0.6 is 0 Å². The lowest BCUT2D eigenvalue weighted by molar-refractivity contribution is 0.605. The average molecular weight is 220 g/mol. The molecule has 0 amide bonds. The van der Waals surface area contributed by atoms with Gasteiger partial charge in [-0.2, -0.15) is 0 Å². The summed E-state index contributed by atoms with van der Waals surface area (Å²) in [5, 5.41) is 0. The second-order valence-corrected chi connectivity index (χ2v) is 5.42. The molecule has 0 nitrogen and oxygen atoms in total. The normalized spacial score (nSPS) is 29.3. The van der Waals surface area contributed by atoms with Crippen LogP contribution in [0, 0.1) is 0 Å². The van der Waals surface area contributed by atoms with Gasteiger partial charge in [0.15, 0.2) is 0 Å². The van der Waals surface area contributed by atoms with Crippen LogP contribution < -0.4 is 0 Å². The Kier molecular flexibility index (Phi) is 1.93. The SMILES string of the molecule is c1ccc([C@@H]2C[C@@H]3C[C@H]2c2ccccc23)cc1. The second-order valence-electron chi connectivity index (χ2n) is 5.42. The van der Waals surface area contributed by atoms with Gasteiger partial charge in [0.2, 0.25) is 0 Å². The minimum atomic E-state index is 0.760. The summed E-state index contributed by atoms with van der Waals surface area (Å²) >= 11 is 0. The van der Waals surface area contributed by atoms with Crippen LogP contribution in [-0.4, -0.2) is 0 Å². The molecule has 0 heteroatoms. The van der Waals surface area contributed by atoms with Gasteiger partial charge in [-0.3, -0.25) is 0 Å². The molecule has 2 aliphatic rings. The van der Waals surface area contributed by atoms with Crippen LogP contribution in [-0.2, 0) is 0 Å². The van der Waals surface area contributed by atoms with Gasteiger partial charge in [0, 0.05) is 0 Å². The van der Waals surface area contributed by atoms with Crippen molar-refractivity contribution in [2.75, 3.05) is 0 Å². The maximum Gasteiger partial charge on any atom is -0.00842 e. The minimum absolute atomic E-state index is 0.760. The van der Waals surface area contributed by atoms with Crippen molar-refractivity contribution >= 4 is 0 Å². The van der Waals surface area contributed by atoms with Crippen molar-refractivity contribution in [3.63, 3.8) is 0 Å². The van der Waals surface area contributed by atoms with Crippen molar-refractivity contribution in [2.45, 2.75) is 30.6 Å². The van der Waals surface area contributed by atoms with Crippen molar-refractivity contribution in [2.24, 2.45) is 0 Å². The summed E-state index contributed by atoms with van der Waals surface area (Å²) in [4.78, 5) is 0. The van der Waals surface area contributed by atoms with E-state index in [0.717, 1.165) is 17.8 Å². The van der Waals surface area contributed by atoms with Crippen molar-refractivity contribution in [1.82, 2.24) is 0 Å². The first-order valence-corrected chi connectivity index (χ1v) is 6.57. The molecular formula is C17H16. The number of hydrogen-bond donors (Lipinski definition) is 0. The molecule has 3 atom stereocenters. The topological polar surface area (TPSA) is 0 Å². The van der Waals surface area contributed by atoms with Crippen LogP contribution in [0.1, 0.15) is 47.3 Å². The highest BCUT2D eigenvalue weighted by Gasteiger charge is 2.43. The summed E-state index contributed by atoms with van der Waals surface area (Å²) in [6.07, 6.45) is 2.73. The first kappa shape index (κ1) is 9.47. The fourth-order valence-corrected chi connectivity index (χ4v) is 3.92. The Labute approximate surface area is 102 Å². The lowest BCUT2D eigenvalue weighted by Gasteiger charge is -2.24. The van der Waals surface area contributed by atoms with Gasteiger partial charge in [0.25, 0.3) is 0 Å². The van der Waals surface area contributed by atoms with Crippen molar-refractivity contribution in [1.29, 1.82) is 0 Å². The van der Waals surface area contributed by atoms with Crippen LogP contribution in [0.4, 0.5) is 0 Å². The molecule has 0 N–H and O–H groups in total. The van der Waals surface area contributed by atoms with Gasteiger partial charge in [-0.1, -0.05) is 54.6 Å². The molecule has 0 unspecified atom stereocenters. The monoisotopic (exact) mass is 220 g/mol. The summed E-state index contributed by atoms with van der Waals surface area (Å²) in [7, 11) is 0. The Morgan fingerprint density at radius 1 is 0.647 bits per heavy atom. The van der Waals surface area contributed by atoms with E-state index in [1.165, 1.54) is 18.4 Å². The summed E-state index contributed by atoms with van der Waals surface area (Å²) < 4.78 is 0. The lowest BCUT2D eigenvalue weighted by Crippen LogP contribution is -2.08. The third-order valence-electron chi connectivity index (χ3n) is 4.63. The Morgan fingerprint density at radius 3 is 2.12 bits per heavy atom. The van der Waals surface area contributed by atoms with Gasteiger partial charge in [-0.15, -0.1) is 0 Å². The fraction of sp³-hybridized carbons (Fsp3) is 0.294. The molecule has 0 aromatic heterocycles. The number of rotatable bonds is 1. The molecule has 2 aromatic rings. The Morgan fingerprint density at radius 2 is 1.29 bits per heavy atom. The molecular weight excluding hydrogens is 204 g/mol. The van der Waals surface area contributed by atoms with E-state index in [1.807, 2.05) is 0 Å². The number of hydrogen-bond acceptors (Lipinski definition) is 0. The van der Waals surface area contributed by atoms with Crippen LogP contribution in [0.2, 0.25) is 0 Å². The molecule has 2 aliphatic carbocycles. The zero-order valence-electron chi connectivity index (χ0n) is 9.84. The molecule has 0 heterocycles. The molecule has 4 rings (SSSR count). The fourth-order valence-electron chi connectivity index (χ4n) is 3.92. The Hall–Kier alpha value is -1.56. The molecule has 2 bridgehead atoms. The summed E-state index contributed by atoms with van der Waals surface area (Å²) in [6, 6.07) is 20.1. The molecule has 17 heavy (non-hydrogen) atoms. The van der Waals surface area contributed by atoms with Crippen molar-refractivity contribution in [3.8, 4) is 0 Å². The lowest BCUT2D eigenvalue weighted by atomic mass is 9.80. The van der Waals surface area contributed by atoms with Gasteiger partial charge in [-0.25, -0.2) is 0 Å². The van der Waals surface area contributed by atoms with Crippen LogP contribution in [0.25, 0.3) is 0 Å². The largest absolute Gasteiger partial charge is 0.0622 e. The first-order chi connectivity index (χ1) is 8.43. The van der Waals surface area contributed by atoms with Gasteiger partial charge < -0.3 is 0 Å². The molecule has 0 saturated heterocycles. The summed E-state index contributed by atoms with van der Waals surface area (Å²) in [5.74, 6) is 2.36. The predicted molar refractivity (Wildman–Crippen MR) is 70.3 cm³/mol. The maximum absolute atomic E-state index is 2.34. The summed E-state index contributed by atoms with van der Waals surface area (Å²) in [6.45, 7) is 0. The third-order valence-corrected chi connectivity index (χ3v) is 4.63. The average Bonchev–Trinajstić information content (AvgIpc) is 2.99. The highest BCUT2D eigenvalue weighted by Crippen LogP contribution is 2.59. The van der Waals surface area contributed by atoms with Crippen LogP contribution in [0.3, 0.4) is 0 Å². The third kappa shape index (κ3) is 1.30. The smallest absolute Gasteiger partial charge is 0.00842 e. The number of benzene rings is 2. The van der Waals surface area contributed by atoms with Gasteiger partial charge in [-0.05, 0) is 47.3 Å². The Balaban J connectivity index is 1.77. The predicted octanol–water partition coefficient (Wildman–Crippen LogP) is 4.45. The van der Waals surface area contributed by atoms with E-state index in [1.54, 1.807) is 11.1 Å². The summed E-state index contributed by atoms with van der Waals surface area (Å²) in [5.41, 5.74) is 4.79. The van der Waals surface area contributed by atoms with E-state index < -0.39 is 0 Å². The zero-order chi connectivity index (χ0) is 11.2. The second kappa shape index (κ2) is 3.46. The molecule has 1 saturated carbocycles. The van der Waals surface area contributed by atoms with E-state index in [4.69, 9.17) is 0 Å². The maximum atomic E-state index is 2.34. The minimum Gasteiger partial charge on any atom is -0.0622 e. The van der Waals surface area contributed by atoms with E-state index in [-0.39, 0.29) is 0 Å². The van der Waals surface area contributed by atoms with Gasteiger partial charge >= 0.3 is 0 Å². The van der Waals surface area contributed by atoms with E-state index >= 15 is 0 Å². The van der Waals surface area contributed by atoms with Crippen LogP contribution in [0.15, 0.2) is 54.6 Å². The molecule has 84 valence electrons. The van der Waals surface area contributed by atoms with E-state index in [0.29, 0.717) is 0 Å². The molecule has 0 spiro atoms. The molecule has 2 aromatic carbocycles. The molecule has 0 radical (unpaired) electrons. The number of fused-ring (bicyclic) bond motifs is 5. The molecule has 1 fully saturated rings. The highest BCUT2D eigenvalue weighted by atomic mass is 14.5. The first-order valence-electron chi connectivity index (χ1n) is 6.57. The quantitative estimate of drug-likeness (QED) is 0.666. The van der Waals surface area contributed by atoms with Crippen LogP contribution in [0.5, 0.6) is 0 Å². The molecule has 0 aliphatic heterocycles. The van der Waals surface area contributed by atoms with Gasteiger partial charge in [0.05, 0.1) is 0 Å². The van der Waals surface area contributed by atoms with Crippen molar-refractivity contribution < 1.29 is 0 Å². The highest BCUT2D eigenvalue weighted by molar-refractivity contribution is 5.45. The van der Waals surface area contributed by atoms with E-state index in [9.17, 15) is 0 Å². The van der Waals surface area contributed by atoms with Crippen molar-refractivity contribution in [3.05, 3.63) is 71.3 Å². The van der Waals surface area contributed by atoms with Gasteiger partial charge in [0.1, 0.15) is 0 Å². The standard InChI is InChI=1S/C17H16/c1-2-6-12(7-3-1)16-10-13-11-17(16)15-9-5-4-8-14(13)15/h1-9,13,16-17H,10-11H2/t13-,16+,17+/m1/s1.